The molecule has 104 valence electrons. The topological polar surface area (TPSA) is 67.6 Å². The fourth-order valence-corrected chi connectivity index (χ4v) is 2.84. The lowest BCUT2D eigenvalue weighted by Gasteiger charge is -2.37. The number of likely N-dealkylation sites (tertiary alicyclic amines) is 1. The second-order valence-corrected chi connectivity index (χ2v) is 5.57. The molecule has 2 atom stereocenters. The number of hydrogen-bond donors (Lipinski definition) is 2. The van der Waals surface area contributed by atoms with E-state index in [0.29, 0.717) is 31.0 Å². The molecule has 1 saturated heterocycles. The van der Waals surface area contributed by atoms with E-state index in [1.54, 1.807) is 0 Å². The van der Waals surface area contributed by atoms with Crippen LogP contribution in [-0.2, 0) is 9.53 Å². The molecule has 5 heteroatoms. The zero-order chi connectivity index (χ0) is 13.0. The van der Waals surface area contributed by atoms with Gasteiger partial charge in [-0.25, -0.2) is 0 Å². The lowest BCUT2D eigenvalue weighted by Crippen LogP contribution is -2.51. The van der Waals surface area contributed by atoms with Gasteiger partial charge in [-0.05, 0) is 25.2 Å². The van der Waals surface area contributed by atoms with Crippen molar-refractivity contribution in [2.75, 3.05) is 33.3 Å². The van der Waals surface area contributed by atoms with Gasteiger partial charge in [-0.2, -0.15) is 0 Å². The molecule has 5 nitrogen and oxygen atoms in total. The summed E-state index contributed by atoms with van der Waals surface area (Å²) in [5, 5.41) is 3.67. The third-order valence-electron chi connectivity index (χ3n) is 3.79. The highest BCUT2D eigenvalue weighted by molar-refractivity contribution is 5.69. The van der Waals surface area contributed by atoms with E-state index in [-0.39, 0.29) is 5.97 Å². The Labute approximate surface area is 109 Å². The maximum Gasteiger partial charge on any atom is 0.305 e. The summed E-state index contributed by atoms with van der Waals surface area (Å²) in [6, 6.07) is 1.22. The van der Waals surface area contributed by atoms with Gasteiger partial charge in [0, 0.05) is 44.7 Å². The van der Waals surface area contributed by atoms with E-state index in [9.17, 15) is 4.79 Å². The number of nitrogens with zero attached hydrogens (tertiary/aromatic N) is 1. The highest BCUT2D eigenvalue weighted by Gasteiger charge is 2.32. The number of esters is 1. The third kappa shape index (κ3) is 4.23. The van der Waals surface area contributed by atoms with Crippen molar-refractivity contribution in [2.45, 2.75) is 37.8 Å². The molecule has 2 aliphatic rings. The molecule has 0 bridgehead atoms. The summed E-state index contributed by atoms with van der Waals surface area (Å²) in [6.45, 7) is 3.63. The van der Waals surface area contributed by atoms with E-state index in [2.05, 4.69) is 10.2 Å². The summed E-state index contributed by atoms with van der Waals surface area (Å²) in [5.41, 5.74) is 5.64. The van der Waals surface area contributed by atoms with E-state index < -0.39 is 0 Å². The third-order valence-corrected chi connectivity index (χ3v) is 3.79. The van der Waals surface area contributed by atoms with Crippen LogP contribution in [0.1, 0.15) is 25.7 Å². The monoisotopic (exact) mass is 255 g/mol. The minimum absolute atomic E-state index is 0.0974. The van der Waals surface area contributed by atoms with Crippen molar-refractivity contribution < 1.29 is 9.53 Å². The zero-order valence-corrected chi connectivity index (χ0v) is 11.2. The van der Waals surface area contributed by atoms with Gasteiger partial charge in [0.2, 0.25) is 0 Å². The molecule has 2 rings (SSSR count). The van der Waals surface area contributed by atoms with E-state index in [1.807, 2.05) is 0 Å². The zero-order valence-electron chi connectivity index (χ0n) is 11.2. The summed E-state index contributed by atoms with van der Waals surface area (Å²) in [5.74, 6) is 0.300. The normalized spacial score (nSPS) is 29.2. The maximum atomic E-state index is 11.4. The van der Waals surface area contributed by atoms with Crippen LogP contribution in [0.25, 0.3) is 0 Å². The van der Waals surface area contributed by atoms with Crippen molar-refractivity contribution >= 4 is 5.97 Å². The molecule has 1 heterocycles. The minimum atomic E-state index is -0.0974. The van der Waals surface area contributed by atoms with E-state index in [4.69, 9.17) is 10.5 Å². The van der Waals surface area contributed by atoms with Crippen molar-refractivity contribution in [3.05, 3.63) is 0 Å². The van der Waals surface area contributed by atoms with Crippen molar-refractivity contribution in [2.24, 2.45) is 11.7 Å². The lowest BCUT2D eigenvalue weighted by molar-refractivity contribution is -0.142. The van der Waals surface area contributed by atoms with E-state index in [0.717, 1.165) is 26.1 Å². The standard InChI is InChI=1S/C13H25N3O2/c1-18-13(17)7-10-6-12(15-11-2-3-11)9-16(8-10)5-4-14/h10-12,15H,2-9,14H2,1H3. The van der Waals surface area contributed by atoms with Crippen LogP contribution in [0.15, 0.2) is 0 Å². The largest absolute Gasteiger partial charge is 0.469 e. The van der Waals surface area contributed by atoms with Crippen LogP contribution >= 0.6 is 0 Å². The smallest absolute Gasteiger partial charge is 0.305 e. The molecule has 0 radical (unpaired) electrons. The van der Waals surface area contributed by atoms with E-state index in [1.165, 1.54) is 20.0 Å². The van der Waals surface area contributed by atoms with Crippen molar-refractivity contribution in [3.8, 4) is 0 Å². The van der Waals surface area contributed by atoms with Gasteiger partial charge in [-0.3, -0.25) is 4.79 Å². The Hall–Kier alpha value is -0.650. The van der Waals surface area contributed by atoms with Gasteiger partial charge in [-0.15, -0.1) is 0 Å². The summed E-state index contributed by atoms with van der Waals surface area (Å²) in [4.78, 5) is 13.8. The van der Waals surface area contributed by atoms with Crippen LogP contribution in [0.4, 0.5) is 0 Å². The van der Waals surface area contributed by atoms with Crippen molar-refractivity contribution in [1.29, 1.82) is 0 Å². The fraction of sp³-hybridized carbons (Fsp3) is 0.923. The molecule has 1 aliphatic heterocycles. The highest BCUT2D eigenvalue weighted by Crippen LogP contribution is 2.25. The predicted molar refractivity (Wildman–Crippen MR) is 70.2 cm³/mol. The van der Waals surface area contributed by atoms with Crippen LogP contribution in [-0.4, -0.2) is 56.2 Å². The number of piperidine rings is 1. The van der Waals surface area contributed by atoms with Crippen LogP contribution in [0.3, 0.4) is 0 Å². The molecule has 3 N–H and O–H groups in total. The molecular formula is C13H25N3O2. The van der Waals surface area contributed by atoms with Crippen LogP contribution in [0.5, 0.6) is 0 Å². The SMILES string of the molecule is COC(=O)CC1CC(NC2CC2)CN(CCN)C1. The van der Waals surface area contributed by atoms with Gasteiger partial charge in [0.05, 0.1) is 7.11 Å². The first-order valence-electron chi connectivity index (χ1n) is 6.96. The van der Waals surface area contributed by atoms with Gasteiger partial charge < -0.3 is 20.7 Å². The fourth-order valence-electron chi connectivity index (χ4n) is 2.84. The van der Waals surface area contributed by atoms with Crippen LogP contribution in [0.2, 0.25) is 0 Å². The molecule has 2 fully saturated rings. The molecule has 0 aromatic heterocycles. The number of methoxy groups -OCH3 is 1. The Balaban J connectivity index is 1.85. The number of rotatable bonds is 6. The summed E-state index contributed by atoms with van der Waals surface area (Å²) in [6.07, 6.45) is 4.21. The molecule has 0 aromatic rings. The quantitative estimate of drug-likeness (QED) is 0.651. The molecule has 0 amide bonds. The number of ether oxygens (including phenoxy) is 1. The molecule has 0 aromatic carbocycles. The molecule has 2 unspecified atom stereocenters. The molecule has 1 aliphatic carbocycles. The molecule has 1 saturated carbocycles. The lowest BCUT2D eigenvalue weighted by atomic mass is 9.91. The first-order chi connectivity index (χ1) is 8.71. The van der Waals surface area contributed by atoms with Crippen LogP contribution in [0, 0.1) is 5.92 Å². The average molecular weight is 255 g/mol. The Bertz CT molecular complexity index is 281. The number of hydrogen-bond acceptors (Lipinski definition) is 5. The number of nitrogens with one attached hydrogen (secondary N) is 1. The van der Waals surface area contributed by atoms with Crippen LogP contribution < -0.4 is 11.1 Å². The first-order valence-corrected chi connectivity index (χ1v) is 6.96. The van der Waals surface area contributed by atoms with Gasteiger partial charge in [0.25, 0.3) is 0 Å². The first kappa shape index (κ1) is 13.8. The Kier molecular flexibility index (Phi) is 4.97. The molecular weight excluding hydrogens is 230 g/mol. The van der Waals surface area contributed by atoms with Gasteiger partial charge in [-0.1, -0.05) is 0 Å². The van der Waals surface area contributed by atoms with Gasteiger partial charge in [0.1, 0.15) is 0 Å². The Morgan fingerprint density at radius 1 is 1.39 bits per heavy atom. The van der Waals surface area contributed by atoms with Crippen molar-refractivity contribution in [3.63, 3.8) is 0 Å². The Morgan fingerprint density at radius 3 is 2.78 bits per heavy atom. The van der Waals surface area contributed by atoms with Gasteiger partial charge >= 0.3 is 5.97 Å². The summed E-state index contributed by atoms with van der Waals surface area (Å²) >= 11 is 0. The minimum Gasteiger partial charge on any atom is -0.469 e. The maximum absolute atomic E-state index is 11.4. The Morgan fingerprint density at radius 2 is 2.17 bits per heavy atom. The highest BCUT2D eigenvalue weighted by atomic mass is 16.5. The van der Waals surface area contributed by atoms with E-state index >= 15 is 0 Å². The summed E-state index contributed by atoms with van der Waals surface area (Å²) < 4.78 is 4.77. The number of carbonyl (C=O) groups is 1. The second-order valence-electron chi connectivity index (χ2n) is 5.57. The van der Waals surface area contributed by atoms with Crippen molar-refractivity contribution in [1.82, 2.24) is 10.2 Å². The molecule has 18 heavy (non-hydrogen) atoms. The number of nitrogens with two attached hydrogens (primary N) is 1. The summed E-state index contributed by atoms with van der Waals surface area (Å²) in [7, 11) is 1.46. The molecule has 0 spiro atoms. The predicted octanol–water partition coefficient (Wildman–Crippen LogP) is -0.0493. The number of carbonyl (C=O) groups excluding carboxylic acids is 1. The van der Waals surface area contributed by atoms with Gasteiger partial charge in [0.15, 0.2) is 0 Å². The second kappa shape index (κ2) is 6.50. The average Bonchev–Trinajstić information content (AvgIpc) is 3.13.